The Morgan fingerprint density at radius 1 is 0.490 bits per heavy atom. The minimum Gasteiger partial charge on any atom is -0.507 e. The molecule has 6 rings (SSSR count). The fourth-order valence-corrected chi connectivity index (χ4v) is 5.13. The van der Waals surface area contributed by atoms with E-state index in [1.54, 1.807) is 18.2 Å². The molecule has 6 aromatic carbocycles. The molecule has 0 amide bonds. The quantitative estimate of drug-likeness (QED) is 0.0883. The Bertz CT molecular complexity index is 1910. The minimum atomic E-state index is -0.413. The lowest BCUT2D eigenvalue weighted by molar-refractivity contribution is 0.104. The van der Waals surface area contributed by atoms with E-state index in [0.29, 0.717) is 48.4 Å². The summed E-state index contributed by atoms with van der Waals surface area (Å²) < 4.78 is 25.1. The SMILES string of the molecule is O=C(/C=C/c1cc(OCc2ccccc2)c(OCc2ccccc2)c(OCc2ccccc2)c1)c1c(O)cccc1OCc1ccccc1. The molecule has 0 aliphatic carbocycles. The van der Waals surface area contributed by atoms with Gasteiger partial charge in [0, 0.05) is 0 Å². The normalized spacial score (nSPS) is 10.9. The first kappa shape index (κ1) is 32.7. The number of rotatable bonds is 15. The van der Waals surface area contributed by atoms with Crippen molar-refractivity contribution in [3.8, 4) is 28.7 Å². The maximum atomic E-state index is 13.6. The number of allylic oxidation sites excluding steroid dienone is 1. The number of carbonyl (C=O) groups excluding carboxylic acids is 1. The summed E-state index contributed by atoms with van der Waals surface area (Å²) in [6, 6.07) is 47.7. The van der Waals surface area contributed by atoms with Crippen LogP contribution >= 0.6 is 0 Å². The first-order valence-electron chi connectivity index (χ1n) is 16.0. The molecule has 0 aliphatic heterocycles. The summed E-state index contributed by atoms with van der Waals surface area (Å²) in [4.78, 5) is 13.6. The van der Waals surface area contributed by atoms with Crippen molar-refractivity contribution in [3.05, 3.63) is 191 Å². The fraction of sp³-hybridized carbons (Fsp3) is 0.0930. The molecular formula is C43H36O6. The van der Waals surface area contributed by atoms with Crippen molar-refractivity contribution in [1.29, 1.82) is 0 Å². The molecule has 0 saturated heterocycles. The number of hydrogen-bond donors (Lipinski definition) is 1. The Labute approximate surface area is 286 Å². The van der Waals surface area contributed by atoms with E-state index < -0.39 is 5.78 Å². The van der Waals surface area contributed by atoms with Gasteiger partial charge in [0.1, 0.15) is 43.5 Å². The van der Waals surface area contributed by atoms with Gasteiger partial charge in [0.2, 0.25) is 5.75 Å². The molecule has 0 spiro atoms. The highest BCUT2D eigenvalue weighted by molar-refractivity contribution is 6.10. The number of benzene rings is 6. The molecule has 1 N–H and O–H groups in total. The molecule has 0 saturated carbocycles. The van der Waals surface area contributed by atoms with Gasteiger partial charge in [-0.05, 0) is 58.2 Å². The summed E-state index contributed by atoms with van der Waals surface area (Å²) in [5, 5.41) is 10.7. The van der Waals surface area contributed by atoms with E-state index in [1.165, 1.54) is 12.1 Å². The molecule has 0 atom stereocenters. The molecule has 0 heterocycles. The van der Waals surface area contributed by atoms with E-state index in [-0.39, 0.29) is 17.9 Å². The molecular weight excluding hydrogens is 612 g/mol. The van der Waals surface area contributed by atoms with Gasteiger partial charge < -0.3 is 24.1 Å². The van der Waals surface area contributed by atoms with Crippen LogP contribution in [0.5, 0.6) is 28.7 Å². The predicted octanol–water partition coefficient (Wildman–Crippen LogP) is 9.60. The van der Waals surface area contributed by atoms with Crippen LogP contribution in [0.4, 0.5) is 0 Å². The monoisotopic (exact) mass is 648 g/mol. The zero-order chi connectivity index (χ0) is 33.7. The van der Waals surface area contributed by atoms with Crippen LogP contribution in [0.2, 0.25) is 0 Å². The maximum Gasteiger partial charge on any atom is 0.203 e. The van der Waals surface area contributed by atoms with Crippen LogP contribution in [0.25, 0.3) is 6.08 Å². The van der Waals surface area contributed by atoms with Crippen LogP contribution in [0.1, 0.15) is 38.2 Å². The highest BCUT2D eigenvalue weighted by atomic mass is 16.5. The van der Waals surface area contributed by atoms with E-state index in [0.717, 1.165) is 22.3 Å². The third-order valence-corrected chi connectivity index (χ3v) is 7.66. The largest absolute Gasteiger partial charge is 0.507 e. The third kappa shape index (κ3) is 9.18. The number of ether oxygens (including phenoxy) is 4. The highest BCUT2D eigenvalue weighted by Gasteiger charge is 2.18. The summed E-state index contributed by atoms with van der Waals surface area (Å²) in [5.41, 5.74) is 4.64. The highest BCUT2D eigenvalue weighted by Crippen LogP contribution is 2.41. The first-order valence-corrected chi connectivity index (χ1v) is 16.0. The van der Waals surface area contributed by atoms with Crippen molar-refractivity contribution >= 4 is 11.9 Å². The van der Waals surface area contributed by atoms with Crippen LogP contribution in [0.15, 0.2) is 158 Å². The lowest BCUT2D eigenvalue weighted by Crippen LogP contribution is -2.05. The summed E-state index contributed by atoms with van der Waals surface area (Å²) in [7, 11) is 0. The fourth-order valence-electron chi connectivity index (χ4n) is 5.13. The summed E-state index contributed by atoms with van der Waals surface area (Å²) in [6.45, 7) is 1.15. The second-order valence-corrected chi connectivity index (χ2v) is 11.3. The van der Waals surface area contributed by atoms with Gasteiger partial charge in [0.05, 0.1) is 0 Å². The number of phenols is 1. The lowest BCUT2D eigenvalue weighted by atomic mass is 10.1. The second kappa shape index (κ2) is 16.5. The van der Waals surface area contributed by atoms with Crippen molar-refractivity contribution in [1.82, 2.24) is 0 Å². The van der Waals surface area contributed by atoms with Crippen LogP contribution in [0, 0.1) is 0 Å². The van der Waals surface area contributed by atoms with Gasteiger partial charge >= 0.3 is 0 Å². The van der Waals surface area contributed by atoms with Crippen molar-refractivity contribution in [2.45, 2.75) is 26.4 Å². The molecule has 244 valence electrons. The van der Waals surface area contributed by atoms with Gasteiger partial charge in [0.25, 0.3) is 0 Å². The Balaban J connectivity index is 1.32. The number of phenolic OH excluding ortho intramolecular Hbond substituents is 1. The van der Waals surface area contributed by atoms with Gasteiger partial charge in [0.15, 0.2) is 17.3 Å². The summed E-state index contributed by atoms with van der Waals surface area (Å²) >= 11 is 0. The Morgan fingerprint density at radius 3 is 1.35 bits per heavy atom. The number of hydrogen-bond acceptors (Lipinski definition) is 6. The molecule has 49 heavy (non-hydrogen) atoms. The topological polar surface area (TPSA) is 74.2 Å². The molecule has 0 fully saturated rings. The summed E-state index contributed by atoms with van der Waals surface area (Å²) in [5.74, 6) is 1.10. The van der Waals surface area contributed by atoms with E-state index in [9.17, 15) is 9.90 Å². The molecule has 0 aliphatic rings. The Hall–Kier alpha value is -6.27. The van der Waals surface area contributed by atoms with Gasteiger partial charge in [-0.3, -0.25) is 4.79 Å². The van der Waals surface area contributed by atoms with Gasteiger partial charge in [-0.15, -0.1) is 0 Å². The molecule has 0 unspecified atom stereocenters. The Kier molecular flexibility index (Phi) is 11.0. The van der Waals surface area contributed by atoms with E-state index >= 15 is 0 Å². The molecule has 0 bridgehead atoms. The number of aromatic hydroxyl groups is 1. The Morgan fingerprint density at radius 2 is 0.898 bits per heavy atom. The maximum absolute atomic E-state index is 13.6. The minimum absolute atomic E-state index is 0.0820. The van der Waals surface area contributed by atoms with E-state index in [1.807, 2.05) is 133 Å². The van der Waals surface area contributed by atoms with Crippen LogP contribution < -0.4 is 18.9 Å². The van der Waals surface area contributed by atoms with Crippen molar-refractivity contribution < 1.29 is 28.8 Å². The lowest BCUT2D eigenvalue weighted by Gasteiger charge is -2.18. The standard InChI is InChI=1S/C43H36O6/c44-37-22-13-23-39(46-28-32-14-5-1-6-15-32)42(37)38(45)25-24-36-26-40(47-29-33-16-7-2-8-17-33)43(49-31-35-20-11-4-12-21-35)41(27-36)48-30-34-18-9-3-10-19-34/h1-27,44H,28-31H2/b25-24+. The number of ketones is 1. The van der Waals surface area contributed by atoms with Crippen molar-refractivity contribution in [2.24, 2.45) is 0 Å². The second-order valence-electron chi connectivity index (χ2n) is 11.3. The number of carbonyl (C=O) groups is 1. The predicted molar refractivity (Wildman–Crippen MR) is 191 cm³/mol. The molecule has 0 aromatic heterocycles. The van der Waals surface area contributed by atoms with Crippen LogP contribution in [0.3, 0.4) is 0 Å². The first-order chi connectivity index (χ1) is 24.1. The van der Waals surface area contributed by atoms with Gasteiger partial charge in [-0.1, -0.05) is 133 Å². The van der Waals surface area contributed by atoms with Gasteiger partial charge in [-0.25, -0.2) is 0 Å². The zero-order valence-corrected chi connectivity index (χ0v) is 26.9. The van der Waals surface area contributed by atoms with Crippen LogP contribution in [-0.2, 0) is 26.4 Å². The van der Waals surface area contributed by atoms with Crippen LogP contribution in [-0.4, -0.2) is 10.9 Å². The zero-order valence-electron chi connectivity index (χ0n) is 26.9. The van der Waals surface area contributed by atoms with E-state index in [4.69, 9.17) is 18.9 Å². The molecule has 6 heteroatoms. The average Bonchev–Trinajstić information content (AvgIpc) is 3.15. The third-order valence-electron chi connectivity index (χ3n) is 7.66. The smallest absolute Gasteiger partial charge is 0.203 e. The van der Waals surface area contributed by atoms with Crippen molar-refractivity contribution in [3.63, 3.8) is 0 Å². The average molecular weight is 649 g/mol. The molecule has 6 aromatic rings. The molecule has 0 radical (unpaired) electrons. The van der Waals surface area contributed by atoms with Crippen molar-refractivity contribution in [2.75, 3.05) is 0 Å². The van der Waals surface area contributed by atoms with Gasteiger partial charge in [-0.2, -0.15) is 0 Å². The summed E-state index contributed by atoms with van der Waals surface area (Å²) in [6.07, 6.45) is 3.08. The van der Waals surface area contributed by atoms with E-state index in [2.05, 4.69) is 0 Å². The molecule has 6 nitrogen and oxygen atoms in total.